The van der Waals surface area contributed by atoms with Crippen LogP contribution in [0.3, 0.4) is 0 Å². The van der Waals surface area contributed by atoms with Gasteiger partial charge in [0.05, 0.1) is 27.6 Å². The van der Waals surface area contributed by atoms with Crippen LogP contribution in [0, 0.1) is 0 Å². The minimum absolute atomic E-state index is 0.587. The van der Waals surface area contributed by atoms with Gasteiger partial charge in [-0.25, -0.2) is 0 Å². The van der Waals surface area contributed by atoms with Crippen molar-refractivity contribution in [2.75, 3.05) is 41.7 Å². The first-order valence-corrected chi connectivity index (χ1v) is 7.55. The number of hydrogen-bond donors (Lipinski definition) is 1. The molecule has 0 aliphatic carbocycles. The van der Waals surface area contributed by atoms with E-state index in [0.717, 1.165) is 43.2 Å². The third-order valence-electron chi connectivity index (χ3n) is 3.72. The number of benzene rings is 1. The van der Waals surface area contributed by atoms with Crippen molar-refractivity contribution in [3.05, 3.63) is 46.7 Å². The quantitative estimate of drug-likeness (QED) is 0.921. The average molecular weight is 323 g/mol. The van der Waals surface area contributed by atoms with E-state index in [4.69, 9.17) is 28.9 Å². The van der Waals surface area contributed by atoms with Gasteiger partial charge in [-0.1, -0.05) is 23.2 Å². The SMILES string of the molecule is Nc1cnccc1N1CCN(c2ccc(Cl)c(Cl)c2)CC1. The molecule has 1 aromatic carbocycles. The molecule has 0 spiro atoms. The number of halogens is 2. The van der Waals surface area contributed by atoms with E-state index >= 15 is 0 Å². The molecule has 2 N–H and O–H groups in total. The molecule has 1 aliphatic rings. The molecule has 2 heterocycles. The maximum absolute atomic E-state index is 6.09. The lowest BCUT2D eigenvalue weighted by atomic mass is 10.2. The Morgan fingerprint density at radius 3 is 2.33 bits per heavy atom. The maximum atomic E-state index is 6.09. The molecule has 4 nitrogen and oxygen atoms in total. The number of aromatic nitrogens is 1. The Bertz CT molecular complexity index is 639. The van der Waals surface area contributed by atoms with Crippen LogP contribution in [0.2, 0.25) is 10.0 Å². The molecule has 2 aromatic rings. The Kier molecular flexibility index (Phi) is 4.08. The second kappa shape index (κ2) is 6.00. The molecule has 1 aromatic heterocycles. The molecule has 21 heavy (non-hydrogen) atoms. The van der Waals surface area contributed by atoms with Gasteiger partial charge in [-0.3, -0.25) is 4.98 Å². The van der Waals surface area contributed by atoms with Gasteiger partial charge in [0.25, 0.3) is 0 Å². The Morgan fingerprint density at radius 2 is 1.67 bits per heavy atom. The van der Waals surface area contributed by atoms with Crippen molar-refractivity contribution in [3.8, 4) is 0 Å². The van der Waals surface area contributed by atoms with Crippen molar-refractivity contribution in [2.24, 2.45) is 0 Å². The van der Waals surface area contributed by atoms with Crippen LogP contribution in [0.25, 0.3) is 0 Å². The van der Waals surface area contributed by atoms with Crippen molar-refractivity contribution in [1.29, 1.82) is 0 Å². The number of nitrogen functional groups attached to an aromatic ring is 1. The van der Waals surface area contributed by atoms with Crippen molar-refractivity contribution in [2.45, 2.75) is 0 Å². The molecule has 0 atom stereocenters. The van der Waals surface area contributed by atoms with E-state index in [2.05, 4.69) is 14.8 Å². The summed E-state index contributed by atoms with van der Waals surface area (Å²) in [5.74, 6) is 0. The Hall–Kier alpha value is -1.65. The van der Waals surface area contributed by atoms with Gasteiger partial charge in [-0.2, -0.15) is 0 Å². The van der Waals surface area contributed by atoms with Crippen molar-refractivity contribution in [3.63, 3.8) is 0 Å². The van der Waals surface area contributed by atoms with Crippen LogP contribution in [0.1, 0.15) is 0 Å². The van der Waals surface area contributed by atoms with Gasteiger partial charge in [-0.05, 0) is 24.3 Å². The summed E-state index contributed by atoms with van der Waals surface area (Å²) in [6.07, 6.45) is 3.47. The molecule has 0 amide bonds. The van der Waals surface area contributed by atoms with Gasteiger partial charge < -0.3 is 15.5 Å². The number of rotatable bonds is 2. The van der Waals surface area contributed by atoms with E-state index in [0.29, 0.717) is 10.0 Å². The average Bonchev–Trinajstić information content (AvgIpc) is 2.51. The highest BCUT2D eigenvalue weighted by Gasteiger charge is 2.19. The third-order valence-corrected chi connectivity index (χ3v) is 4.46. The molecule has 1 saturated heterocycles. The summed E-state index contributed by atoms with van der Waals surface area (Å²) in [4.78, 5) is 8.62. The highest BCUT2D eigenvalue weighted by atomic mass is 35.5. The zero-order valence-electron chi connectivity index (χ0n) is 11.5. The molecule has 6 heteroatoms. The first-order valence-electron chi connectivity index (χ1n) is 6.79. The molecule has 0 saturated carbocycles. The van der Waals surface area contributed by atoms with Gasteiger partial charge in [-0.15, -0.1) is 0 Å². The molecule has 110 valence electrons. The van der Waals surface area contributed by atoms with Crippen molar-refractivity contribution < 1.29 is 0 Å². The fourth-order valence-electron chi connectivity index (χ4n) is 2.57. The predicted octanol–water partition coefficient (Wildman–Crippen LogP) is 3.30. The summed E-state index contributed by atoms with van der Waals surface area (Å²) in [7, 11) is 0. The smallest absolute Gasteiger partial charge is 0.0738 e. The van der Waals surface area contributed by atoms with E-state index in [-0.39, 0.29) is 0 Å². The van der Waals surface area contributed by atoms with Gasteiger partial charge in [0.1, 0.15) is 0 Å². The third kappa shape index (κ3) is 3.01. The number of piperazine rings is 1. The van der Waals surface area contributed by atoms with Crippen LogP contribution in [0.5, 0.6) is 0 Å². The summed E-state index contributed by atoms with van der Waals surface area (Å²) in [6.45, 7) is 3.66. The fourth-order valence-corrected chi connectivity index (χ4v) is 2.87. The van der Waals surface area contributed by atoms with Crippen molar-refractivity contribution >= 4 is 40.3 Å². The maximum Gasteiger partial charge on any atom is 0.0738 e. The fraction of sp³-hybridized carbons (Fsp3) is 0.267. The van der Waals surface area contributed by atoms with E-state index in [9.17, 15) is 0 Å². The van der Waals surface area contributed by atoms with Gasteiger partial charge in [0.15, 0.2) is 0 Å². The Labute approximate surface area is 134 Å². The first kappa shape index (κ1) is 14.3. The zero-order valence-corrected chi connectivity index (χ0v) is 13.0. The van der Waals surface area contributed by atoms with E-state index < -0.39 is 0 Å². The number of pyridine rings is 1. The number of hydrogen-bond acceptors (Lipinski definition) is 4. The molecule has 0 unspecified atom stereocenters. The highest BCUT2D eigenvalue weighted by molar-refractivity contribution is 6.42. The number of nitrogens with two attached hydrogens (primary N) is 1. The largest absolute Gasteiger partial charge is 0.396 e. The van der Waals surface area contributed by atoms with E-state index in [1.54, 1.807) is 12.4 Å². The summed E-state index contributed by atoms with van der Waals surface area (Å²) >= 11 is 12.0. The lowest BCUT2D eigenvalue weighted by Gasteiger charge is -2.37. The van der Waals surface area contributed by atoms with Crippen LogP contribution in [-0.2, 0) is 0 Å². The molecule has 0 radical (unpaired) electrons. The number of anilines is 3. The molecular weight excluding hydrogens is 307 g/mol. The predicted molar refractivity (Wildman–Crippen MR) is 89.5 cm³/mol. The lowest BCUT2D eigenvalue weighted by Crippen LogP contribution is -2.46. The number of nitrogens with zero attached hydrogens (tertiary/aromatic N) is 3. The van der Waals surface area contributed by atoms with Crippen LogP contribution in [0.4, 0.5) is 17.1 Å². The van der Waals surface area contributed by atoms with Crippen molar-refractivity contribution in [1.82, 2.24) is 4.98 Å². The summed E-state index contributed by atoms with van der Waals surface area (Å²) in [5, 5.41) is 1.18. The van der Waals surface area contributed by atoms with Crippen LogP contribution < -0.4 is 15.5 Å². The van der Waals surface area contributed by atoms with Gasteiger partial charge >= 0.3 is 0 Å². The zero-order chi connectivity index (χ0) is 14.8. The Morgan fingerprint density at radius 1 is 0.952 bits per heavy atom. The van der Waals surface area contributed by atoms with E-state index in [1.165, 1.54) is 0 Å². The topological polar surface area (TPSA) is 45.4 Å². The minimum atomic E-state index is 0.587. The van der Waals surface area contributed by atoms with Crippen LogP contribution in [0.15, 0.2) is 36.7 Å². The molecule has 3 rings (SSSR count). The van der Waals surface area contributed by atoms with Crippen LogP contribution >= 0.6 is 23.2 Å². The first-order chi connectivity index (χ1) is 10.1. The molecule has 1 fully saturated rings. The monoisotopic (exact) mass is 322 g/mol. The second-order valence-electron chi connectivity index (χ2n) is 5.01. The molecule has 0 bridgehead atoms. The second-order valence-corrected chi connectivity index (χ2v) is 5.82. The van der Waals surface area contributed by atoms with Gasteiger partial charge in [0, 0.05) is 38.1 Å². The summed E-state index contributed by atoms with van der Waals surface area (Å²) < 4.78 is 0. The Balaban J connectivity index is 1.70. The minimum Gasteiger partial charge on any atom is -0.396 e. The highest BCUT2D eigenvalue weighted by Crippen LogP contribution is 2.29. The summed E-state index contributed by atoms with van der Waals surface area (Å²) in [6, 6.07) is 7.72. The summed E-state index contributed by atoms with van der Waals surface area (Å²) in [5.41, 5.74) is 8.86. The normalized spacial score (nSPS) is 15.3. The lowest BCUT2D eigenvalue weighted by molar-refractivity contribution is 0.654. The molecular formula is C15H16Cl2N4. The molecule has 1 aliphatic heterocycles. The van der Waals surface area contributed by atoms with Gasteiger partial charge in [0.2, 0.25) is 0 Å². The van der Waals surface area contributed by atoms with Crippen LogP contribution in [-0.4, -0.2) is 31.2 Å². The van der Waals surface area contributed by atoms with E-state index in [1.807, 2.05) is 24.3 Å². The standard InChI is InChI=1S/C15H16Cl2N4/c16-12-2-1-11(9-13(12)17)20-5-7-21(8-6-20)15-3-4-19-10-14(15)18/h1-4,9-10H,5-8,18H2.